The van der Waals surface area contributed by atoms with Crippen LogP contribution in [0.2, 0.25) is 0 Å². The van der Waals surface area contributed by atoms with Crippen LogP contribution in [0.15, 0.2) is 48.5 Å². The summed E-state index contributed by atoms with van der Waals surface area (Å²) >= 11 is 0. The molecular weight excluding hydrogens is 368 g/mol. The van der Waals surface area contributed by atoms with E-state index in [4.69, 9.17) is 9.47 Å². The van der Waals surface area contributed by atoms with Crippen molar-refractivity contribution in [1.29, 1.82) is 0 Å². The molecule has 0 aliphatic rings. The monoisotopic (exact) mass is 398 g/mol. The Morgan fingerprint density at radius 3 is 2.34 bits per heavy atom. The minimum atomic E-state index is -0.641. The second kappa shape index (κ2) is 10.5. The average Bonchev–Trinajstić information content (AvgIpc) is 2.70. The third kappa shape index (κ3) is 6.82. The second-order valence-corrected chi connectivity index (χ2v) is 7.31. The first-order valence-electron chi connectivity index (χ1n) is 9.72. The van der Waals surface area contributed by atoms with E-state index in [1.807, 2.05) is 69.3 Å². The molecule has 0 aromatic heterocycles. The average molecular weight is 399 g/mol. The summed E-state index contributed by atoms with van der Waals surface area (Å²) in [5, 5.41) is 2.87. The number of methoxy groups -OCH3 is 1. The Bertz CT molecular complexity index is 818. The van der Waals surface area contributed by atoms with Gasteiger partial charge in [-0.3, -0.25) is 9.59 Å². The molecule has 0 fully saturated rings. The molecule has 29 heavy (non-hydrogen) atoms. The summed E-state index contributed by atoms with van der Waals surface area (Å²) in [5.74, 6) is 0.848. The Balaban J connectivity index is 2.16. The van der Waals surface area contributed by atoms with Crippen molar-refractivity contribution >= 4 is 11.8 Å². The van der Waals surface area contributed by atoms with Gasteiger partial charge >= 0.3 is 0 Å². The van der Waals surface area contributed by atoms with E-state index in [0.29, 0.717) is 11.5 Å². The first kappa shape index (κ1) is 22.3. The maximum Gasteiger partial charge on any atom is 0.261 e. The van der Waals surface area contributed by atoms with Crippen LogP contribution in [-0.2, 0) is 16.1 Å². The van der Waals surface area contributed by atoms with Gasteiger partial charge in [-0.15, -0.1) is 0 Å². The lowest BCUT2D eigenvalue weighted by atomic mass is 10.1. The number of carbonyl (C=O) groups is 2. The van der Waals surface area contributed by atoms with E-state index in [0.717, 1.165) is 11.1 Å². The van der Waals surface area contributed by atoms with Crippen molar-refractivity contribution in [1.82, 2.24) is 10.2 Å². The number of nitrogens with one attached hydrogen (secondary N) is 1. The van der Waals surface area contributed by atoms with Crippen molar-refractivity contribution in [2.24, 2.45) is 0 Å². The molecule has 1 N–H and O–H groups in total. The van der Waals surface area contributed by atoms with E-state index in [1.54, 1.807) is 14.0 Å². The fourth-order valence-electron chi connectivity index (χ4n) is 2.82. The summed E-state index contributed by atoms with van der Waals surface area (Å²) in [6.07, 6.45) is 0. The third-order valence-electron chi connectivity index (χ3n) is 4.47. The highest BCUT2D eigenvalue weighted by atomic mass is 16.5. The molecule has 0 saturated carbocycles. The molecular formula is C23H30N2O4. The van der Waals surface area contributed by atoms with Crippen LogP contribution in [-0.4, -0.2) is 42.5 Å². The van der Waals surface area contributed by atoms with Gasteiger partial charge in [-0.2, -0.15) is 0 Å². The lowest BCUT2D eigenvalue weighted by Gasteiger charge is -2.29. The van der Waals surface area contributed by atoms with Crippen molar-refractivity contribution < 1.29 is 19.1 Å². The maximum atomic E-state index is 13.0. The molecule has 156 valence electrons. The highest BCUT2D eigenvalue weighted by Gasteiger charge is 2.27. The number of carbonyl (C=O) groups excluding carboxylic acids is 2. The molecule has 0 unspecified atom stereocenters. The number of hydrogen-bond acceptors (Lipinski definition) is 4. The number of aryl methyl sites for hydroxylation is 1. The van der Waals surface area contributed by atoms with Gasteiger partial charge in [-0.05, 0) is 57.5 Å². The van der Waals surface area contributed by atoms with Gasteiger partial charge in [0, 0.05) is 12.6 Å². The summed E-state index contributed by atoms with van der Waals surface area (Å²) in [7, 11) is 1.59. The zero-order chi connectivity index (χ0) is 21.4. The van der Waals surface area contributed by atoms with Gasteiger partial charge < -0.3 is 19.7 Å². The lowest BCUT2D eigenvalue weighted by Crippen LogP contribution is -2.50. The molecule has 0 aliphatic carbocycles. The number of nitrogens with zero attached hydrogens (tertiary/aromatic N) is 1. The zero-order valence-corrected chi connectivity index (χ0v) is 17.8. The van der Waals surface area contributed by atoms with Crippen molar-refractivity contribution in [2.75, 3.05) is 13.7 Å². The van der Waals surface area contributed by atoms with Gasteiger partial charge in [-0.1, -0.05) is 29.8 Å². The van der Waals surface area contributed by atoms with Crippen LogP contribution in [0.4, 0.5) is 0 Å². The molecule has 2 amide bonds. The molecule has 6 nitrogen and oxygen atoms in total. The Kier molecular flexibility index (Phi) is 8.07. The highest BCUT2D eigenvalue weighted by Crippen LogP contribution is 2.17. The Labute approximate surface area is 172 Å². The Hall–Kier alpha value is -3.02. The van der Waals surface area contributed by atoms with Gasteiger partial charge in [0.25, 0.3) is 5.91 Å². The van der Waals surface area contributed by atoms with E-state index in [9.17, 15) is 9.59 Å². The van der Waals surface area contributed by atoms with Crippen LogP contribution in [0.3, 0.4) is 0 Å². The molecule has 0 saturated heterocycles. The van der Waals surface area contributed by atoms with E-state index < -0.39 is 6.04 Å². The molecule has 2 rings (SSSR count). The van der Waals surface area contributed by atoms with E-state index in [-0.39, 0.29) is 31.0 Å². The summed E-state index contributed by atoms with van der Waals surface area (Å²) in [5.41, 5.74) is 1.99. The zero-order valence-electron chi connectivity index (χ0n) is 17.8. The highest BCUT2D eigenvalue weighted by molar-refractivity contribution is 5.88. The van der Waals surface area contributed by atoms with E-state index in [1.165, 1.54) is 4.90 Å². The molecule has 2 aromatic rings. The number of benzene rings is 2. The van der Waals surface area contributed by atoms with Gasteiger partial charge in [0.2, 0.25) is 5.91 Å². The predicted octanol–water partition coefficient (Wildman–Crippen LogP) is 3.32. The molecule has 0 radical (unpaired) electrons. The van der Waals surface area contributed by atoms with Gasteiger partial charge in [0.1, 0.15) is 17.5 Å². The molecule has 0 spiro atoms. The summed E-state index contributed by atoms with van der Waals surface area (Å²) < 4.78 is 10.9. The van der Waals surface area contributed by atoms with Crippen molar-refractivity contribution in [3.8, 4) is 11.5 Å². The minimum Gasteiger partial charge on any atom is -0.497 e. The lowest BCUT2D eigenvalue weighted by molar-refractivity contribution is -0.142. The molecule has 0 heterocycles. The SMILES string of the molecule is COc1cccc(CN(C(=O)COc2ccc(C)cc2)[C@H](C)C(=O)NC(C)C)c1. The van der Waals surface area contributed by atoms with Gasteiger partial charge in [-0.25, -0.2) is 0 Å². The first-order chi connectivity index (χ1) is 13.8. The maximum absolute atomic E-state index is 13.0. The predicted molar refractivity (Wildman–Crippen MR) is 113 cm³/mol. The normalized spacial score (nSPS) is 11.7. The summed E-state index contributed by atoms with van der Waals surface area (Å²) in [6.45, 7) is 7.62. The molecule has 1 atom stereocenters. The van der Waals surface area contributed by atoms with Gasteiger partial charge in [0.05, 0.1) is 7.11 Å². The fraction of sp³-hybridized carbons (Fsp3) is 0.391. The minimum absolute atomic E-state index is 0.0115. The number of rotatable bonds is 9. The first-order valence-corrected chi connectivity index (χ1v) is 9.72. The van der Waals surface area contributed by atoms with Crippen LogP contribution < -0.4 is 14.8 Å². The smallest absolute Gasteiger partial charge is 0.261 e. The number of hydrogen-bond donors (Lipinski definition) is 1. The molecule has 2 aromatic carbocycles. The molecule has 6 heteroatoms. The molecule has 0 bridgehead atoms. The van der Waals surface area contributed by atoms with Crippen LogP contribution in [0, 0.1) is 6.92 Å². The molecule has 0 aliphatic heterocycles. The summed E-state index contributed by atoms with van der Waals surface area (Å²) in [4.78, 5) is 27.0. The topological polar surface area (TPSA) is 67.9 Å². The fourth-order valence-corrected chi connectivity index (χ4v) is 2.82. The number of amides is 2. The summed E-state index contributed by atoms with van der Waals surface area (Å²) in [6, 6.07) is 14.3. The Morgan fingerprint density at radius 2 is 1.72 bits per heavy atom. The van der Waals surface area contributed by atoms with Crippen molar-refractivity contribution in [2.45, 2.75) is 46.3 Å². The largest absolute Gasteiger partial charge is 0.497 e. The van der Waals surface area contributed by atoms with Crippen LogP contribution in [0.5, 0.6) is 11.5 Å². The van der Waals surface area contributed by atoms with E-state index in [2.05, 4.69) is 5.32 Å². The standard InChI is InChI=1S/C23H30N2O4/c1-16(2)24-23(27)18(4)25(14-19-7-6-8-21(13-19)28-5)22(26)15-29-20-11-9-17(3)10-12-20/h6-13,16,18H,14-15H2,1-5H3,(H,24,27)/t18-/m1/s1. The number of ether oxygens (including phenoxy) is 2. The van der Waals surface area contributed by atoms with E-state index >= 15 is 0 Å². The third-order valence-corrected chi connectivity index (χ3v) is 4.47. The second-order valence-electron chi connectivity index (χ2n) is 7.31. The van der Waals surface area contributed by atoms with Gasteiger partial charge in [0.15, 0.2) is 6.61 Å². The Morgan fingerprint density at radius 1 is 1.03 bits per heavy atom. The van der Waals surface area contributed by atoms with Crippen LogP contribution >= 0.6 is 0 Å². The quantitative estimate of drug-likeness (QED) is 0.704. The van der Waals surface area contributed by atoms with Crippen LogP contribution in [0.25, 0.3) is 0 Å². The van der Waals surface area contributed by atoms with Crippen molar-refractivity contribution in [3.05, 3.63) is 59.7 Å². The van der Waals surface area contributed by atoms with Crippen LogP contribution in [0.1, 0.15) is 31.9 Å². The van der Waals surface area contributed by atoms with Crippen molar-refractivity contribution in [3.63, 3.8) is 0 Å².